The number of rotatable bonds is 34. The summed E-state index contributed by atoms with van der Waals surface area (Å²) in [6, 6.07) is 0. The lowest BCUT2D eigenvalue weighted by Gasteiger charge is -2.18. The molecule has 0 radical (unpaired) electrons. The topological polar surface area (TPSA) is 63.6 Å². The van der Waals surface area contributed by atoms with Crippen molar-refractivity contribution in [3.05, 3.63) is 12.2 Å². The molecule has 0 saturated heterocycles. The number of hydrogen-bond acceptors (Lipinski definition) is 3. The van der Waals surface area contributed by atoms with E-state index >= 15 is 0 Å². The van der Waals surface area contributed by atoms with Crippen molar-refractivity contribution >= 4 is 11.9 Å². The number of carbonyl (C=O) groups excluding carboxylic acids is 1. The minimum absolute atomic E-state index is 0.0340. The van der Waals surface area contributed by atoms with Gasteiger partial charge in [-0.2, -0.15) is 0 Å². The molecule has 0 aromatic carbocycles. The predicted molar refractivity (Wildman–Crippen MR) is 181 cm³/mol. The van der Waals surface area contributed by atoms with Crippen LogP contribution < -0.4 is 0 Å². The van der Waals surface area contributed by atoms with E-state index in [0.717, 1.165) is 38.5 Å². The first-order valence-electron chi connectivity index (χ1n) is 18.7. The monoisotopic (exact) mass is 593 g/mol. The van der Waals surface area contributed by atoms with E-state index in [1.54, 1.807) is 0 Å². The maximum absolute atomic E-state index is 12.6. The summed E-state index contributed by atoms with van der Waals surface area (Å²) < 4.78 is 6.01. The number of carbonyl (C=O) groups is 2. The van der Waals surface area contributed by atoms with Gasteiger partial charge in [0.2, 0.25) is 0 Å². The maximum atomic E-state index is 12.6. The SMILES string of the molecule is CCCC/C=C\CCCCCCCC(=O)OC(CCCCCCCC)CCCCCCCCCCCCCCC(=O)O. The van der Waals surface area contributed by atoms with Crippen molar-refractivity contribution in [1.82, 2.24) is 0 Å². The second-order valence-corrected chi connectivity index (χ2v) is 12.8. The van der Waals surface area contributed by atoms with Gasteiger partial charge < -0.3 is 9.84 Å². The van der Waals surface area contributed by atoms with Crippen LogP contribution in [-0.2, 0) is 14.3 Å². The Labute approximate surface area is 262 Å². The number of allylic oxidation sites excluding steroid dienone is 2. The van der Waals surface area contributed by atoms with Crippen LogP contribution in [0, 0.1) is 0 Å². The zero-order chi connectivity index (χ0) is 30.8. The molecule has 0 fully saturated rings. The third-order valence-corrected chi connectivity index (χ3v) is 8.49. The largest absolute Gasteiger partial charge is 0.481 e. The molecule has 1 atom stereocenters. The Balaban J connectivity index is 3.94. The van der Waals surface area contributed by atoms with Gasteiger partial charge in [-0.1, -0.05) is 154 Å². The first kappa shape index (κ1) is 40.7. The van der Waals surface area contributed by atoms with Crippen LogP contribution in [0.15, 0.2) is 12.2 Å². The number of aliphatic carboxylic acids is 1. The van der Waals surface area contributed by atoms with Gasteiger partial charge >= 0.3 is 11.9 Å². The molecule has 0 aliphatic heterocycles. The van der Waals surface area contributed by atoms with Gasteiger partial charge in [0.15, 0.2) is 0 Å². The number of ether oxygens (including phenoxy) is 1. The van der Waals surface area contributed by atoms with Gasteiger partial charge in [0.25, 0.3) is 0 Å². The zero-order valence-corrected chi connectivity index (χ0v) is 28.3. The molecule has 0 aliphatic rings. The Morgan fingerprint density at radius 2 is 0.881 bits per heavy atom. The molecular weight excluding hydrogens is 520 g/mol. The highest BCUT2D eigenvalue weighted by Gasteiger charge is 2.14. The van der Waals surface area contributed by atoms with Crippen molar-refractivity contribution in [3.63, 3.8) is 0 Å². The van der Waals surface area contributed by atoms with Crippen molar-refractivity contribution in [2.24, 2.45) is 0 Å². The van der Waals surface area contributed by atoms with E-state index in [-0.39, 0.29) is 12.1 Å². The molecule has 0 aliphatic carbocycles. The molecule has 4 heteroatoms. The van der Waals surface area contributed by atoms with Crippen molar-refractivity contribution in [3.8, 4) is 0 Å². The minimum Gasteiger partial charge on any atom is -0.481 e. The number of unbranched alkanes of at least 4 members (excludes halogenated alkanes) is 23. The van der Waals surface area contributed by atoms with Crippen molar-refractivity contribution in [2.45, 2.75) is 219 Å². The van der Waals surface area contributed by atoms with E-state index in [4.69, 9.17) is 9.84 Å². The van der Waals surface area contributed by atoms with E-state index < -0.39 is 5.97 Å². The van der Waals surface area contributed by atoms with Crippen LogP contribution in [0.1, 0.15) is 213 Å². The van der Waals surface area contributed by atoms with Gasteiger partial charge in [0.1, 0.15) is 6.10 Å². The van der Waals surface area contributed by atoms with Crippen LogP contribution in [0.25, 0.3) is 0 Å². The first-order chi connectivity index (χ1) is 20.6. The molecule has 1 unspecified atom stereocenters. The third kappa shape index (κ3) is 33.2. The summed E-state index contributed by atoms with van der Waals surface area (Å²) in [6.45, 7) is 4.50. The van der Waals surface area contributed by atoms with Crippen LogP contribution in [0.2, 0.25) is 0 Å². The lowest BCUT2D eigenvalue weighted by molar-refractivity contribution is -0.150. The van der Waals surface area contributed by atoms with Crippen LogP contribution >= 0.6 is 0 Å². The summed E-state index contributed by atoms with van der Waals surface area (Å²) in [7, 11) is 0. The lowest BCUT2D eigenvalue weighted by Crippen LogP contribution is -2.18. The van der Waals surface area contributed by atoms with Gasteiger partial charge in [-0.25, -0.2) is 0 Å². The normalized spacial score (nSPS) is 12.2. The second kappa shape index (κ2) is 34.2. The van der Waals surface area contributed by atoms with Crippen molar-refractivity contribution < 1.29 is 19.4 Å². The number of hydrogen-bond donors (Lipinski definition) is 1. The minimum atomic E-state index is -0.669. The van der Waals surface area contributed by atoms with Crippen LogP contribution in [0.3, 0.4) is 0 Å². The Kier molecular flexibility index (Phi) is 33.1. The lowest BCUT2D eigenvalue weighted by atomic mass is 10.0. The van der Waals surface area contributed by atoms with Crippen LogP contribution in [-0.4, -0.2) is 23.1 Å². The fourth-order valence-corrected chi connectivity index (χ4v) is 5.69. The van der Waals surface area contributed by atoms with Gasteiger partial charge in [-0.3, -0.25) is 9.59 Å². The van der Waals surface area contributed by atoms with E-state index in [1.807, 2.05) is 0 Å². The van der Waals surface area contributed by atoms with E-state index in [9.17, 15) is 9.59 Å². The predicted octanol–water partition coefficient (Wildman–Crippen LogP) is 12.7. The van der Waals surface area contributed by atoms with E-state index in [0.29, 0.717) is 12.8 Å². The van der Waals surface area contributed by atoms with Gasteiger partial charge in [-0.15, -0.1) is 0 Å². The molecule has 0 spiro atoms. The molecule has 0 amide bonds. The maximum Gasteiger partial charge on any atom is 0.306 e. The summed E-state index contributed by atoms with van der Waals surface area (Å²) in [5, 5.41) is 8.68. The fraction of sp³-hybridized carbons (Fsp3) is 0.895. The molecule has 42 heavy (non-hydrogen) atoms. The summed E-state index contributed by atoms with van der Waals surface area (Å²) >= 11 is 0. The number of carboxylic acids is 1. The standard InChI is InChI=1S/C38H72O4/c1-3-5-7-9-11-12-15-20-23-27-31-35-38(41)42-36(32-28-24-10-8-6-4-2)33-29-25-21-18-16-13-14-17-19-22-26-30-34-37(39)40/h9,11,36H,3-8,10,12-35H2,1-2H3,(H,39,40)/b11-9-. The quantitative estimate of drug-likeness (QED) is 0.0458. The highest BCUT2D eigenvalue weighted by atomic mass is 16.5. The highest BCUT2D eigenvalue weighted by Crippen LogP contribution is 2.19. The van der Waals surface area contributed by atoms with Crippen molar-refractivity contribution in [1.29, 1.82) is 0 Å². The molecule has 1 N–H and O–H groups in total. The summed E-state index contributed by atoms with van der Waals surface area (Å²) in [4.78, 5) is 23.1. The molecule has 0 saturated carbocycles. The summed E-state index contributed by atoms with van der Waals surface area (Å²) in [6.07, 6.45) is 41.0. The van der Waals surface area contributed by atoms with E-state index in [1.165, 1.54) is 148 Å². The highest BCUT2D eigenvalue weighted by molar-refractivity contribution is 5.69. The van der Waals surface area contributed by atoms with Crippen LogP contribution in [0.4, 0.5) is 0 Å². The Morgan fingerprint density at radius 3 is 1.36 bits per heavy atom. The molecule has 4 nitrogen and oxygen atoms in total. The number of carboxylic acid groups (broad SMARTS) is 1. The second-order valence-electron chi connectivity index (χ2n) is 12.8. The Morgan fingerprint density at radius 1 is 0.500 bits per heavy atom. The fourth-order valence-electron chi connectivity index (χ4n) is 5.69. The summed E-state index contributed by atoms with van der Waals surface area (Å²) in [5.74, 6) is -0.635. The molecule has 0 bridgehead atoms. The third-order valence-electron chi connectivity index (χ3n) is 8.49. The molecular formula is C38H72O4. The van der Waals surface area contributed by atoms with Gasteiger partial charge in [0.05, 0.1) is 0 Å². The van der Waals surface area contributed by atoms with Crippen molar-refractivity contribution in [2.75, 3.05) is 0 Å². The Bertz CT molecular complexity index is 600. The molecule has 0 aromatic heterocycles. The molecule has 248 valence electrons. The molecule has 0 rings (SSSR count). The summed E-state index contributed by atoms with van der Waals surface area (Å²) in [5.41, 5.74) is 0. The van der Waals surface area contributed by atoms with Gasteiger partial charge in [-0.05, 0) is 57.8 Å². The first-order valence-corrected chi connectivity index (χ1v) is 18.7. The Hall–Kier alpha value is -1.32. The molecule has 0 aromatic rings. The average molecular weight is 593 g/mol. The average Bonchev–Trinajstić information content (AvgIpc) is 2.97. The van der Waals surface area contributed by atoms with E-state index in [2.05, 4.69) is 26.0 Å². The smallest absolute Gasteiger partial charge is 0.306 e. The van der Waals surface area contributed by atoms with Crippen LogP contribution in [0.5, 0.6) is 0 Å². The van der Waals surface area contributed by atoms with Gasteiger partial charge in [0, 0.05) is 12.8 Å². The molecule has 0 heterocycles. The number of esters is 1. The zero-order valence-electron chi connectivity index (χ0n) is 28.3.